The lowest BCUT2D eigenvalue weighted by Gasteiger charge is -2.21. The van der Waals surface area contributed by atoms with E-state index in [1.165, 1.54) is 0 Å². The van der Waals surface area contributed by atoms with Crippen LogP contribution in [0.5, 0.6) is 11.5 Å². The van der Waals surface area contributed by atoms with Gasteiger partial charge in [0.2, 0.25) is 0 Å². The third-order valence-corrected chi connectivity index (χ3v) is 2.86. The molecule has 1 atom stereocenters. The fraction of sp³-hybridized carbons (Fsp3) is 0.462. The third-order valence-electron chi connectivity index (χ3n) is 2.86. The van der Waals surface area contributed by atoms with Gasteiger partial charge in [-0.05, 0) is 31.7 Å². The number of nitrogens with zero attached hydrogens (tertiary/aromatic N) is 1. The molecule has 1 unspecified atom stereocenters. The molecule has 0 aliphatic carbocycles. The highest BCUT2D eigenvalue weighted by molar-refractivity contribution is 5.72. The van der Waals surface area contributed by atoms with Crippen LogP contribution in [0.1, 0.15) is 12.5 Å². The number of ether oxygens (including phenoxy) is 2. The minimum atomic E-state index is -0.840. The van der Waals surface area contributed by atoms with Crippen LogP contribution < -0.4 is 9.47 Å². The molecule has 0 amide bonds. The highest BCUT2D eigenvalue weighted by Crippen LogP contribution is 2.23. The topological polar surface area (TPSA) is 59.0 Å². The predicted octanol–water partition coefficient (Wildman–Crippen LogP) is 1.61. The van der Waals surface area contributed by atoms with Gasteiger partial charge in [-0.25, -0.2) is 0 Å². The summed E-state index contributed by atoms with van der Waals surface area (Å²) >= 11 is 0. The summed E-state index contributed by atoms with van der Waals surface area (Å²) in [6.45, 7) is 2.17. The summed E-state index contributed by atoms with van der Waals surface area (Å²) in [7, 11) is 4.94. The molecule has 0 aromatic heterocycles. The Morgan fingerprint density at radius 3 is 2.17 bits per heavy atom. The molecule has 1 N–H and O–H groups in total. The van der Waals surface area contributed by atoms with Crippen molar-refractivity contribution in [3.63, 3.8) is 0 Å². The van der Waals surface area contributed by atoms with Crippen LogP contribution >= 0.6 is 0 Å². The van der Waals surface area contributed by atoms with E-state index in [4.69, 9.17) is 14.6 Å². The second-order valence-electron chi connectivity index (χ2n) is 4.15. The molecule has 5 nitrogen and oxygen atoms in total. The van der Waals surface area contributed by atoms with Crippen molar-refractivity contribution in [3.8, 4) is 11.5 Å². The molecule has 5 heteroatoms. The van der Waals surface area contributed by atoms with E-state index in [9.17, 15) is 4.79 Å². The number of likely N-dealkylation sites (N-methyl/N-ethyl adjacent to an activating group) is 1. The Hall–Kier alpha value is -1.75. The molecule has 1 rings (SSSR count). The van der Waals surface area contributed by atoms with E-state index in [0.29, 0.717) is 18.0 Å². The number of carboxylic acid groups (broad SMARTS) is 1. The van der Waals surface area contributed by atoms with Gasteiger partial charge in [-0.1, -0.05) is 0 Å². The Balaban J connectivity index is 2.86. The first-order valence-electron chi connectivity index (χ1n) is 5.63. The smallest absolute Gasteiger partial charge is 0.320 e. The van der Waals surface area contributed by atoms with Crippen molar-refractivity contribution in [2.24, 2.45) is 0 Å². The highest BCUT2D eigenvalue weighted by Gasteiger charge is 2.17. The summed E-state index contributed by atoms with van der Waals surface area (Å²) in [6, 6.07) is 4.98. The zero-order valence-corrected chi connectivity index (χ0v) is 11.1. The van der Waals surface area contributed by atoms with Gasteiger partial charge >= 0.3 is 5.97 Å². The van der Waals surface area contributed by atoms with Crippen LogP contribution in [0.4, 0.5) is 0 Å². The normalized spacial score (nSPS) is 12.3. The van der Waals surface area contributed by atoms with Crippen LogP contribution in [0, 0.1) is 0 Å². The zero-order valence-electron chi connectivity index (χ0n) is 11.1. The minimum absolute atomic E-state index is 0.515. The second kappa shape index (κ2) is 6.26. The lowest BCUT2D eigenvalue weighted by Crippen LogP contribution is -2.35. The zero-order chi connectivity index (χ0) is 13.7. The first-order chi connectivity index (χ1) is 8.47. The maximum atomic E-state index is 10.9. The van der Waals surface area contributed by atoms with Crippen molar-refractivity contribution < 1.29 is 19.4 Å². The van der Waals surface area contributed by atoms with Crippen LogP contribution in [0.2, 0.25) is 0 Å². The van der Waals surface area contributed by atoms with Gasteiger partial charge in [-0.2, -0.15) is 0 Å². The summed E-state index contributed by atoms with van der Waals surface area (Å²) in [5, 5.41) is 8.94. The van der Waals surface area contributed by atoms with E-state index in [1.807, 2.05) is 12.1 Å². The van der Waals surface area contributed by atoms with E-state index >= 15 is 0 Å². The maximum Gasteiger partial charge on any atom is 0.320 e. The monoisotopic (exact) mass is 253 g/mol. The molecule has 1 aromatic carbocycles. The molecule has 0 aliphatic heterocycles. The predicted molar refractivity (Wildman–Crippen MR) is 68.1 cm³/mol. The van der Waals surface area contributed by atoms with Crippen LogP contribution in [0.15, 0.2) is 18.2 Å². The molecule has 18 heavy (non-hydrogen) atoms. The number of hydrogen-bond donors (Lipinski definition) is 1. The van der Waals surface area contributed by atoms with Crippen LogP contribution in [0.3, 0.4) is 0 Å². The Morgan fingerprint density at radius 1 is 1.28 bits per heavy atom. The lowest BCUT2D eigenvalue weighted by atomic mass is 10.1. The van der Waals surface area contributed by atoms with Crippen molar-refractivity contribution in [1.29, 1.82) is 0 Å². The summed E-state index contributed by atoms with van der Waals surface area (Å²) in [4.78, 5) is 12.6. The summed E-state index contributed by atoms with van der Waals surface area (Å²) in [6.07, 6.45) is 0. The first-order valence-corrected chi connectivity index (χ1v) is 5.63. The number of rotatable bonds is 6. The molecule has 0 saturated heterocycles. The average Bonchev–Trinajstić information content (AvgIpc) is 2.36. The molecule has 100 valence electrons. The first kappa shape index (κ1) is 14.3. The lowest BCUT2D eigenvalue weighted by molar-refractivity contribution is -0.142. The van der Waals surface area contributed by atoms with Gasteiger partial charge in [0.25, 0.3) is 0 Å². The number of benzene rings is 1. The highest BCUT2D eigenvalue weighted by atomic mass is 16.5. The van der Waals surface area contributed by atoms with E-state index in [0.717, 1.165) is 5.56 Å². The molecule has 0 fully saturated rings. The van der Waals surface area contributed by atoms with Gasteiger partial charge in [0.05, 0.1) is 14.2 Å². The van der Waals surface area contributed by atoms with Crippen molar-refractivity contribution >= 4 is 5.97 Å². The minimum Gasteiger partial charge on any atom is -0.497 e. The van der Waals surface area contributed by atoms with Crippen LogP contribution in [0.25, 0.3) is 0 Å². The number of carboxylic acids is 1. The van der Waals surface area contributed by atoms with Gasteiger partial charge in [-0.15, -0.1) is 0 Å². The van der Waals surface area contributed by atoms with E-state index in [2.05, 4.69) is 0 Å². The third kappa shape index (κ3) is 3.63. The summed E-state index contributed by atoms with van der Waals surface area (Å²) in [5.41, 5.74) is 0.946. The number of hydrogen-bond acceptors (Lipinski definition) is 4. The molecule has 0 saturated carbocycles. The second-order valence-corrected chi connectivity index (χ2v) is 4.15. The molecule has 1 aromatic rings. The van der Waals surface area contributed by atoms with Crippen molar-refractivity contribution in [2.45, 2.75) is 19.5 Å². The molecule has 0 aliphatic rings. The Morgan fingerprint density at radius 2 is 1.78 bits per heavy atom. The van der Waals surface area contributed by atoms with Crippen molar-refractivity contribution in [2.75, 3.05) is 21.3 Å². The SMILES string of the molecule is COc1cc(CN(C)C(C)C(=O)O)cc(OC)c1. The molecular formula is C13H19NO4. The number of methoxy groups -OCH3 is 2. The van der Waals surface area contributed by atoms with Gasteiger partial charge in [0, 0.05) is 12.6 Å². The largest absolute Gasteiger partial charge is 0.497 e. The van der Waals surface area contributed by atoms with E-state index in [-0.39, 0.29) is 0 Å². The van der Waals surface area contributed by atoms with E-state index in [1.54, 1.807) is 39.2 Å². The van der Waals surface area contributed by atoms with Gasteiger partial charge in [-0.3, -0.25) is 9.69 Å². The van der Waals surface area contributed by atoms with Gasteiger partial charge in [0.15, 0.2) is 0 Å². The molecule has 0 radical (unpaired) electrons. The van der Waals surface area contributed by atoms with Gasteiger partial charge < -0.3 is 14.6 Å². The van der Waals surface area contributed by atoms with Crippen LogP contribution in [-0.2, 0) is 11.3 Å². The molecule has 0 bridgehead atoms. The maximum absolute atomic E-state index is 10.9. The number of carbonyl (C=O) groups is 1. The quantitative estimate of drug-likeness (QED) is 0.834. The molecule has 0 heterocycles. The molecule has 0 spiro atoms. The Labute approximate surface area is 107 Å². The van der Waals surface area contributed by atoms with E-state index < -0.39 is 12.0 Å². The Kier molecular flexibility index (Phi) is 4.97. The van der Waals surface area contributed by atoms with Crippen molar-refractivity contribution in [1.82, 2.24) is 4.90 Å². The number of aliphatic carboxylic acids is 1. The summed E-state index contributed by atoms with van der Waals surface area (Å²) < 4.78 is 10.3. The fourth-order valence-corrected chi connectivity index (χ4v) is 1.57. The average molecular weight is 253 g/mol. The van der Waals surface area contributed by atoms with Crippen molar-refractivity contribution in [3.05, 3.63) is 23.8 Å². The Bertz CT molecular complexity index is 397. The molecular weight excluding hydrogens is 234 g/mol. The summed E-state index contributed by atoms with van der Waals surface area (Å²) in [5.74, 6) is 0.550. The standard InChI is InChI=1S/C13H19NO4/c1-9(13(15)16)14(2)8-10-5-11(17-3)7-12(6-10)18-4/h5-7,9H,8H2,1-4H3,(H,15,16). The van der Waals surface area contributed by atoms with Crippen LogP contribution in [-0.4, -0.2) is 43.3 Å². The fourth-order valence-electron chi connectivity index (χ4n) is 1.57. The van der Waals surface area contributed by atoms with Gasteiger partial charge in [0.1, 0.15) is 17.5 Å².